The summed E-state index contributed by atoms with van der Waals surface area (Å²) in [5, 5.41) is 0. The number of hydrogen-bond donors (Lipinski definition) is 0. The van der Waals surface area contributed by atoms with Gasteiger partial charge in [-0.1, -0.05) is 91.0 Å². The molecule has 0 aromatic heterocycles. The van der Waals surface area contributed by atoms with E-state index in [1.807, 2.05) is 66.5 Å². The van der Waals surface area contributed by atoms with Crippen LogP contribution in [0.25, 0.3) is 0 Å². The van der Waals surface area contributed by atoms with Gasteiger partial charge in [-0.2, -0.15) is 0 Å². The summed E-state index contributed by atoms with van der Waals surface area (Å²) >= 11 is 0. The molecule has 0 radical (unpaired) electrons. The standard InChI is InChI=1S/C27H25N3O/c1-29-18-17-28-24(21-13-7-3-8-14-21)23-25(22-15-9-4-10-16-22)30(27(31)26(23)29)19-20-11-5-2-6-12-20/h2-16,25H,17-19H2,1H3. The van der Waals surface area contributed by atoms with Crippen molar-refractivity contribution in [2.24, 2.45) is 4.99 Å². The van der Waals surface area contributed by atoms with E-state index in [4.69, 9.17) is 4.99 Å². The highest BCUT2D eigenvalue weighted by Gasteiger charge is 2.44. The van der Waals surface area contributed by atoms with Crippen LogP contribution in [0.2, 0.25) is 0 Å². The lowest BCUT2D eigenvalue weighted by molar-refractivity contribution is -0.129. The molecule has 4 nitrogen and oxygen atoms in total. The highest BCUT2D eigenvalue weighted by atomic mass is 16.2. The van der Waals surface area contributed by atoms with Crippen molar-refractivity contribution in [1.82, 2.24) is 9.80 Å². The van der Waals surface area contributed by atoms with Crippen molar-refractivity contribution >= 4 is 11.6 Å². The molecule has 0 N–H and O–H groups in total. The van der Waals surface area contributed by atoms with E-state index < -0.39 is 0 Å². The van der Waals surface area contributed by atoms with Crippen LogP contribution in [-0.2, 0) is 11.3 Å². The van der Waals surface area contributed by atoms with Gasteiger partial charge in [0.15, 0.2) is 0 Å². The third-order valence-corrected chi connectivity index (χ3v) is 6.00. The van der Waals surface area contributed by atoms with Gasteiger partial charge in [0.05, 0.1) is 18.3 Å². The Balaban J connectivity index is 1.68. The molecule has 0 aliphatic carbocycles. The van der Waals surface area contributed by atoms with E-state index in [1.165, 1.54) is 0 Å². The average molecular weight is 408 g/mol. The first-order valence-electron chi connectivity index (χ1n) is 10.7. The second-order valence-corrected chi connectivity index (χ2v) is 8.01. The number of nitrogens with zero attached hydrogens (tertiary/aromatic N) is 3. The van der Waals surface area contributed by atoms with E-state index >= 15 is 0 Å². The van der Waals surface area contributed by atoms with Gasteiger partial charge in [0.2, 0.25) is 0 Å². The highest BCUT2D eigenvalue weighted by Crippen LogP contribution is 2.42. The average Bonchev–Trinajstić information content (AvgIpc) is 2.98. The first-order valence-corrected chi connectivity index (χ1v) is 10.7. The summed E-state index contributed by atoms with van der Waals surface area (Å²) in [6, 6.07) is 30.6. The van der Waals surface area contributed by atoms with E-state index in [-0.39, 0.29) is 11.9 Å². The fraction of sp³-hybridized carbons (Fsp3) is 0.185. The summed E-state index contributed by atoms with van der Waals surface area (Å²) in [6.45, 7) is 1.95. The van der Waals surface area contributed by atoms with Crippen molar-refractivity contribution < 1.29 is 4.79 Å². The van der Waals surface area contributed by atoms with Crippen LogP contribution in [0, 0.1) is 0 Å². The maximum absolute atomic E-state index is 13.8. The van der Waals surface area contributed by atoms with E-state index in [9.17, 15) is 4.79 Å². The van der Waals surface area contributed by atoms with Gasteiger partial charge in [0, 0.05) is 31.3 Å². The van der Waals surface area contributed by atoms with Gasteiger partial charge in [0.1, 0.15) is 5.70 Å². The second-order valence-electron chi connectivity index (χ2n) is 8.01. The number of hydrogen-bond acceptors (Lipinski definition) is 3. The lowest BCUT2D eigenvalue weighted by atomic mass is 9.91. The Labute approximate surface area is 183 Å². The third kappa shape index (κ3) is 3.55. The minimum atomic E-state index is -0.177. The molecular formula is C27H25N3O. The van der Waals surface area contributed by atoms with E-state index in [1.54, 1.807) is 0 Å². The first-order chi connectivity index (χ1) is 15.2. The minimum absolute atomic E-state index is 0.0701. The van der Waals surface area contributed by atoms with Gasteiger partial charge in [0.25, 0.3) is 5.91 Å². The molecule has 4 heteroatoms. The van der Waals surface area contributed by atoms with Crippen LogP contribution in [0.15, 0.2) is 107 Å². The predicted octanol–water partition coefficient (Wildman–Crippen LogP) is 4.46. The molecule has 2 heterocycles. The molecular weight excluding hydrogens is 382 g/mol. The Morgan fingerprint density at radius 2 is 1.48 bits per heavy atom. The van der Waals surface area contributed by atoms with Crippen LogP contribution < -0.4 is 0 Å². The maximum Gasteiger partial charge on any atom is 0.271 e. The van der Waals surface area contributed by atoms with Crippen LogP contribution in [0.1, 0.15) is 22.7 Å². The number of amides is 1. The molecule has 154 valence electrons. The lowest BCUT2D eigenvalue weighted by Gasteiger charge is -2.28. The Morgan fingerprint density at radius 3 is 2.16 bits per heavy atom. The third-order valence-electron chi connectivity index (χ3n) is 6.00. The fourth-order valence-electron chi connectivity index (χ4n) is 4.54. The quantitative estimate of drug-likeness (QED) is 0.640. The van der Waals surface area contributed by atoms with Gasteiger partial charge in [-0.15, -0.1) is 0 Å². The molecule has 31 heavy (non-hydrogen) atoms. The van der Waals surface area contributed by atoms with Gasteiger partial charge in [-0.3, -0.25) is 9.79 Å². The highest BCUT2D eigenvalue weighted by molar-refractivity contribution is 6.19. The number of aliphatic imine (C=N–C) groups is 1. The molecule has 2 aliphatic rings. The largest absolute Gasteiger partial charge is 0.368 e. The molecule has 0 fully saturated rings. The predicted molar refractivity (Wildman–Crippen MR) is 124 cm³/mol. The summed E-state index contributed by atoms with van der Waals surface area (Å²) in [7, 11) is 2.00. The van der Waals surface area contributed by atoms with Gasteiger partial charge < -0.3 is 9.80 Å². The zero-order chi connectivity index (χ0) is 21.2. The molecule has 3 aromatic rings. The number of rotatable bonds is 4. The molecule has 2 aliphatic heterocycles. The Kier molecular flexibility index (Phi) is 5.13. The monoisotopic (exact) mass is 407 g/mol. The topological polar surface area (TPSA) is 35.9 Å². The molecule has 0 saturated heterocycles. The second kappa shape index (κ2) is 8.23. The fourth-order valence-corrected chi connectivity index (χ4v) is 4.54. The number of carbonyl (C=O) groups excluding carboxylic acids is 1. The molecule has 0 bridgehead atoms. The number of carbonyl (C=O) groups is 1. The van der Waals surface area contributed by atoms with Crippen molar-refractivity contribution in [2.75, 3.05) is 20.1 Å². The maximum atomic E-state index is 13.8. The van der Waals surface area contributed by atoms with Crippen molar-refractivity contribution in [1.29, 1.82) is 0 Å². The normalized spacial score (nSPS) is 18.7. The SMILES string of the molecule is CN1CCN=C(c2ccccc2)C2=C1C(=O)N(Cc1ccccc1)C2c1ccccc1. The van der Waals surface area contributed by atoms with Crippen molar-refractivity contribution in [2.45, 2.75) is 12.6 Å². The first kappa shape index (κ1) is 19.3. The van der Waals surface area contributed by atoms with Crippen LogP contribution in [0.5, 0.6) is 0 Å². The zero-order valence-corrected chi connectivity index (χ0v) is 17.6. The van der Waals surface area contributed by atoms with Crippen molar-refractivity contribution in [3.63, 3.8) is 0 Å². The Morgan fingerprint density at radius 1 is 0.871 bits per heavy atom. The van der Waals surface area contributed by atoms with E-state index in [2.05, 4.69) is 41.3 Å². The van der Waals surface area contributed by atoms with Crippen molar-refractivity contribution in [3.05, 3.63) is 119 Å². The van der Waals surface area contributed by atoms with Crippen LogP contribution >= 0.6 is 0 Å². The summed E-state index contributed by atoms with van der Waals surface area (Å²) < 4.78 is 0. The number of benzene rings is 3. The summed E-state index contributed by atoms with van der Waals surface area (Å²) in [6.07, 6.45) is 0. The van der Waals surface area contributed by atoms with Crippen molar-refractivity contribution in [3.8, 4) is 0 Å². The molecule has 1 unspecified atom stereocenters. The summed E-state index contributed by atoms with van der Waals surface area (Å²) in [5.41, 5.74) is 5.99. The van der Waals surface area contributed by atoms with E-state index in [0.29, 0.717) is 13.1 Å². The summed E-state index contributed by atoms with van der Waals surface area (Å²) in [4.78, 5) is 22.9. The Hall–Kier alpha value is -3.66. The van der Waals surface area contributed by atoms with Gasteiger partial charge in [-0.05, 0) is 11.1 Å². The zero-order valence-electron chi connectivity index (χ0n) is 17.6. The van der Waals surface area contributed by atoms with Gasteiger partial charge >= 0.3 is 0 Å². The van der Waals surface area contributed by atoms with Crippen LogP contribution in [-0.4, -0.2) is 41.6 Å². The molecule has 0 saturated carbocycles. The lowest BCUT2D eigenvalue weighted by Crippen LogP contribution is -2.34. The summed E-state index contributed by atoms with van der Waals surface area (Å²) in [5.74, 6) is 0.0701. The minimum Gasteiger partial charge on any atom is -0.368 e. The van der Waals surface area contributed by atoms with Crippen LogP contribution in [0.3, 0.4) is 0 Å². The van der Waals surface area contributed by atoms with E-state index in [0.717, 1.165) is 40.2 Å². The molecule has 1 atom stereocenters. The van der Waals surface area contributed by atoms with Gasteiger partial charge in [-0.25, -0.2) is 0 Å². The smallest absolute Gasteiger partial charge is 0.271 e. The molecule has 0 spiro atoms. The van der Waals surface area contributed by atoms with Crippen LogP contribution in [0.4, 0.5) is 0 Å². The Bertz CT molecular complexity index is 1140. The number of likely N-dealkylation sites (N-methyl/N-ethyl adjacent to an activating group) is 1. The molecule has 5 rings (SSSR count). The molecule has 1 amide bonds. The molecule has 3 aromatic carbocycles.